The summed E-state index contributed by atoms with van der Waals surface area (Å²) in [7, 11) is 1.75. The first-order valence-electron chi connectivity index (χ1n) is 13.9. The summed E-state index contributed by atoms with van der Waals surface area (Å²) in [5.74, 6) is 0.885. The molecule has 7 aromatic carbocycles. The third kappa shape index (κ3) is 3.76. The van der Waals surface area contributed by atoms with E-state index in [1.807, 2.05) is 23.5 Å². The third-order valence-electron chi connectivity index (χ3n) is 8.20. The van der Waals surface area contributed by atoms with E-state index in [4.69, 9.17) is 4.74 Å². The Hall–Kier alpha value is -4.92. The molecule has 0 spiro atoms. The van der Waals surface area contributed by atoms with Crippen molar-refractivity contribution in [1.82, 2.24) is 0 Å². The van der Waals surface area contributed by atoms with Gasteiger partial charge in [-0.3, -0.25) is 0 Å². The molecule has 0 atom stereocenters. The van der Waals surface area contributed by atoms with Gasteiger partial charge in [-0.1, -0.05) is 127 Å². The Morgan fingerprint density at radius 2 is 0.927 bits per heavy atom. The first-order valence-corrected chi connectivity index (χ1v) is 14.7. The lowest BCUT2D eigenvalue weighted by Gasteiger charge is -2.19. The van der Waals surface area contributed by atoms with E-state index in [0.29, 0.717) is 0 Å². The smallest absolute Gasteiger partial charge is 0.126 e. The van der Waals surface area contributed by atoms with E-state index in [1.54, 1.807) is 7.11 Å². The van der Waals surface area contributed by atoms with Crippen LogP contribution in [0.15, 0.2) is 140 Å². The normalized spacial score (nSPS) is 11.5. The highest BCUT2D eigenvalue weighted by Crippen LogP contribution is 2.46. The number of ether oxygens (including phenoxy) is 1. The van der Waals surface area contributed by atoms with Crippen LogP contribution in [0.1, 0.15) is 0 Å². The molecule has 194 valence electrons. The summed E-state index contributed by atoms with van der Waals surface area (Å²) >= 11 is 1.88. The molecule has 1 heterocycles. The fraction of sp³-hybridized carbons (Fsp3) is 0.0256. The van der Waals surface area contributed by atoms with Crippen LogP contribution in [0.25, 0.3) is 75.1 Å². The Balaban J connectivity index is 1.35. The summed E-state index contributed by atoms with van der Waals surface area (Å²) in [5, 5.41) is 7.60. The Morgan fingerprint density at radius 1 is 0.415 bits per heavy atom. The monoisotopic (exact) mass is 542 g/mol. The molecule has 0 radical (unpaired) electrons. The molecular formula is C39H26OS. The zero-order chi connectivity index (χ0) is 27.3. The highest BCUT2D eigenvalue weighted by Gasteiger charge is 2.18. The molecule has 0 unspecified atom stereocenters. The minimum absolute atomic E-state index is 0.885. The topological polar surface area (TPSA) is 9.23 Å². The van der Waals surface area contributed by atoms with Crippen LogP contribution in [0, 0.1) is 0 Å². The van der Waals surface area contributed by atoms with Crippen molar-refractivity contribution in [2.75, 3.05) is 7.11 Å². The second-order valence-electron chi connectivity index (χ2n) is 10.4. The molecule has 0 amide bonds. The molecule has 0 fully saturated rings. The highest BCUT2D eigenvalue weighted by molar-refractivity contribution is 7.26. The van der Waals surface area contributed by atoms with Gasteiger partial charge >= 0.3 is 0 Å². The van der Waals surface area contributed by atoms with Crippen molar-refractivity contribution in [3.63, 3.8) is 0 Å². The number of rotatable bonds is 4. The maximum absolute atomic E-state index is 5.82. The van der Waals surface area contributed by atoms with Crippen LogP contribution in [0.4, 0.5) is 0 Å². The fourth-order valence-electron chi connectivity index (χ4n) is 6.37. The van der Waals surface area contributed by atoms with Gasteiger partial charge in [0.25, 0.3) is 0 Å². The molecule has 2 heteroatoms. The minimum Gasteiger partial charge on any atom is -0.496 e. The molecule has 0 aliphatic heterocycles. The maximum atomic E-state index is 5.82. The number of hydrogen-bond acceptors (Lipinski definition) is 2. The first-order chi connectivity index (χ1) is 20.3. The van der Waals surface area contributed by atoms with Crippen LogP contribution < -0.4 is 4.74 Å². The molecule has 0 N–H and O–H groups in total. The maximum Gasteiger partial charge on any atom is 0.126 e. The van der Waals surface area contributed by atoms with Gasteiger partial charge in [-0.15, -0.1) is 11.3 Å². The molecule has 0 aliphatic rings. The van der Waals surface area contributed by atoms with Gasteiger partial charge in [-0.05, 0) is 55.9 Å². The van der Waals surface area contributed by atoms with Crippen molar-refractivity contribution >= 4 is 53.1 Å². The molecule has 0 bridgehead atoms. The van der Waals surface area contributed by atoms with Crippen LogP contribution >= 0.6 is 11.3 Å². The van der Waals surface area contributed by atoms with Gasteiger partial charge in [-0.2, -0.15) is 0 Å². The van der Waals surface area contributed by atoms with Gasteiger partial charge in [-0.25, -0.2) is 0 Å². The lowest BCUT2D eigenvalue weighted by molar-refractivity contribution is 0.416. The van der Waals surface area contributed by atoms with Crippen molar-refractivity contribution in [3.8, 4) is 39.1 Å². The number of thiophene rings is 1. The largest absolute Gasteiger partial charge is 0.496 e. The first kappa shape index (κ1) is 23.9. The second kappa shape index (κ2) is 9.62. The molecule has 41 heavy (non-hydrogen) atoms. The van der Waals surface area contributed by atoms with Gasteiger partial charge in [0.1, 0.15) is 5.75 Å². The van der Waals surface area contributed by atoms with Crippen LogP contribution in [-0.2, 0) is 0 Å². The van der Waals surface area contributed by atoms with Crippen molar-refractivity contribution in [2.24, 2.45) is 0 Å². The predicted molar refractivity (Wildman–Crippen MR) is 177 cm³/mol. The Morgan fingerprint density at radius 3 is 1.61 bits per heavy atom. The summed E-state index contributed by atoms with van der Waals surface area (Å²) in [6, 6.07) is 50.4. The van der Waals surface area contributed by atoms with Gasteiger partial charge in [0.15, 0.2) is 0 Å². The molecule has 8 aromatic rings. The van der Waals surface area contributed by atoms with Gasteiger partial charge in [0.2, 0.25) is 0 Å². The Kier molecular flexibility index (Phi) is 5.61. The van der Waals surface area contributed by atoms with E-state index >= 15 is 0 Å². The average molecular weight is 543 g/mol. The number of hydrogen-bond donors (Lipinski definition) is 0. The SMILES string of the molecule is COc1ccccc1-c1c2ccccc2c(-c2ccc(-c3cccc4c3sc3ccccc34)cc2)c2ccccc12. The zero-order valence-electron chi connectivity index (χ0n) is 22.6. The number of fused-ring (bicyclic) bond motifs is 5. The van der Waals surface area contributed by atoms with Crippen LogP contribution in [-0.4, -0.2) is 7.11 Å². The van der Waals surface area contributed by atoms with Crippen molar-refractivity contribution in [2.45, 2.75) is 0 Å². The van der Waals surface area contributed by atoms with E-state index in [9.17, 15) is 0 Å². The van der Waals surface area contributed by atoms with E-state index in [-0.39, 0.29) is 0 Å². The minimum atomic E-state index is 0.885. The summed E-state index contributed by atoms with van der Waals surface area (Å²) < 4.78 is 8.50. The number of methoxy groups -OCH3 is 1. The lowest BCUT2D eigenvalue weighted by Crippen LogP contribution is -1.93. The van der Waals surface area contributed by atoms with Crippen molar-refractivity contribution in [3.05, 3.63) is 140 Å². The molecule has 1 nitrogen and oxygen atoms in total. The van der Waals surface area contributed by atoms with Crippen LogP contribution in [0.3, 0.4) is 0 Å². The molecule has 0 aliphatic carbocycles. The number of benzene rings is 7. The summed E-state index contributed by atoms with van der Waals surface area (Å²) in [6.45, 7) is 0. The zero-order valence-corrected chi connectivity index (χ0v) is 23.4. The summed E-state index contributed by atoms with van der Waals surface area (Å²) in [6.07, 6.45) is 0. The van der Waals surface area contributed by atoms with Gasteiger partial charge in [0.05, 0.1) is 7.11 Å². The van der Waals surface area contributed by atoms with E-state index in [1.165, 1.54) is 69.5 Å². The highest BCUT2D eigenvalue weighted by atomic mass is 32.1. The standard InChI is InChI=1S/C39H26OS/c1-40-35-19-8-6-16-34(35)38-31-14-4-2-12-29(31)37(30-13-3-5-15-32(30)38)26-23-21-25(22-24-26)27-17-10-18-33-28-11-7-9-20-36(28)41-39(27)33/h2-24H,1H3. The van der Waals surface area contributed by atoms with Gasteiger partial charge in [0, 0.05) is 31.3 Å². The van der Waals surface area contributed by atoms with E-state index in [0.717, 1.165) is 11.3 Å². The van der Waals surface area contributed by atoms with Crippen LogP contribution in [0.2, 0.25) is 0 Å². The van der Waals surface area contributed by atoms with Gasteiger partial charge < -0.3 is 4.74 Å². The summed E-state index contributed by atoms with van der Waals surface area (Å²) in [5.41, 5.74) is 7.34. The van der Waals surface area contributed by atoms with Crippen molar-refractivity contribution in [1.29, 1.82) is 0 Å². The quantitative estimate of drug-likeness (QED) is 0.201. The van der Waals surface area contributed by atoms with Crippen molar-refractivity contribution < 1.29 is 4.74 Å². The summed E-state index contributed by atoms with van der Waals surface area (Å²) in [4.78, 5) is 0. The van der Waals surface area contributed by atoms with E-state index in [2.05, 4.69) is 127 Å². The molecule has 0 saturated heterocycles. The Bertz CT molecular complexity index is 2180. The third-order valence-corrected chi connectivity index (χ3v) is 9.42. The fourth-order valence-corrected chi connectivity index (χ4v) is 7.61. The molecular weight excluding hydrogens is 516 g/mol. The molecule has 8 rings (SSSR count). The molecule has 0 saturated carbocycles. The second-order valence-corrected chi connectivity index (χ2v) is 11.5. The predicted octanol–water partition coefficient (Wildman–Crippen LogP) is 11.4. The van der Waals surface area contributed by atoms with E-state index < -0.39 is 0 Å². The molecule has 1 aromatic heterocycles. The number of para-hydroxylation sites is 1. The Labute approximate surface area is 242 Å². The lowest BCUT2D eigenvalue weighted by atomic mass is 9.85. The average Bonchev–Trinajstić information content (AvgIpc) is 3.43. The van der Waals surface area contributed by atoms with Crippen LogP contribution in [0.5, 0.6) is 5.75 Å².